The van der Waals surface area contributed by atoms with Gasteiger partial charge in [0.2, 0.25) is 5.13 Å². The third kappa shape index (κ3) is 3.24. The quantitative estimate of drug-likeness (QED) is 0.836. The van der Waals surface area contributed by atoms with E-state index in [0.717, 1.165) is 16.0 Å². The highest BCUT2D eigenvalue weighted by atomic mass is 32.1. The second kappa shape index (κ2) is 5.73. The van der Waals surface area contributed by atoms with E-state index in [1.165, 1.54) is 11.3 Å². The third-order valence-electron chi connectivity index (χ3n) is 3.64. The molecule has 0 spiro atoms. The Bertz CT molecular complexity index is 836. The lowest BCUT2D eigenvalue weighted by atomic mass is 9.78. The number of benzene rings is 1. The van der Waals surface area contributed by atoms with Gasteiger partial charge in [0.25, 0.3) is 0 Å². The second-order valence-electron chi connectivity index (χ2n) is 6.27. The number of nitrogens with zero attached hydrogens (tertiary/aromatic N) is 3. The van der Waals surface area contributed by atoms with Crippen molar-refractivity contribution in [2.45, 2.75) is 26.7 Å². The Morgan fingerprint density at radius 2 is 2.09 bits per heavy atom. The van der Waals surface area contributed by atoms with E-state index in [-0.39, 0.29) is 22.7 Å². The third-order valence-corrected chi connectivity index (χ3v) is 4.54. The van der Waals surface area contributed by atoms with Crippen LogP contribution in [0.2, 0.25) is 0 Å². The number of fused-ring (bicyclic) bond motifs is 1. The zero-order chi connectivity index (χ0) is 16.6. The molecule has 0 amide bonds. The summed E-state index contributed by atoms with van der Waals surface area (Å²) in [5.74, 6) is 0.553. The van der Waals surface area contributed by atoms with Crippen LogP contribution in [-0.4, -0.2) is 23.0 Å². The van der Waals surface area contributed by atoms with E-state index in [9.17, 15) is 9.90 Å². The summed E-state index contributed by atoms with van der Waals surface area (Å²) < 4.78 is 6.10. The van der Waals surface area contributed by atoms with Gasteiger partial charge in [-0.25, -0.2) is 4.98 Å². The molecule has 3 rings (SSSR count). The van der Waals surface area contributed by atoms with Crippen molar-refractivity contribution in [1.82, 2.24) is 4.98 Å². The number of carbonyl (C=O) groups excluding carboxylic acids is 1. The van der Waals surface area contributed by atoms with Crippen LogP contribution >= 0.6 is 11.3 Å². The minimum Gasteiger partial charge on any atom is -0.510 e. The molecule has 0 saturated heterocycles. The normalized spacial score (nSPS) is 18.1. The molecule has 1 aromatic carbocycles. The molecule has 2 aromatic rings. The Labute approximate surface area is 137 Å². The van der Waals surface area contributed by atoms with Crippen LogP contribution < -0.4 is 4.74 Å². The predicted molar refractivity (Wildman–Crippen MR) is 88.4 cm³/mol. The number of methoxy groups -OCH3 is 1. The minimum atomic E-state index is -0.243. The number of thiazole rings is 1. The summed E-state index contributed by atoms with van der Waals surface area (Å²) in [6.45, 7) is 3.88. The van der Waals surface area contributed by atoms with Gasteiger partial charge in [0.1, 0.15) is 11.5 Å². The highest BCUT2D eigenvalue weighted by molar-refractivity contribution is 7.21. The van der Waals surface area contributed by atoms with E-state index < -0.39 is 0 Å². The largest absolute Gasteiger partial charge is 0.510 e. The number of ether oxygens (including phenoxy) is 1. The number of hydrogen-bond donors (Lipinski definition) is 1. The zero-order valence-electron chi connectivity index (χ0n) is 13.2. The lowest BCUT2D eigenvalue weighted by molar-refractivity contribution is -0.118. The first kappa shape index (κ1) is 15.6. The summed E-state index contributed by atoms with van der Waals surface area (Å²) in [5.41, 5.74) is 0.590. The number of azo groups is 1. The summed E-state index contributed by atoms with van der Waals surface area (Å²) in [4.78, 5) is 16.4. The maximum atomic E-state index is 12.1. The molecule has 23 heavy (non-hydrogen) atoms. The average Bonchev–Trinajstić information content (AvgIpc) is 2.86. The SMILES string of the molecule is COc1ccc2nc(N=NC3=C(O)CC(C)(C)CC3=O)sc2c1. The van der Waals surface area contributed by atoms with Gasteiger partial charge in [0.15, 0.2) is 11.5 Å². The van der Waals surface area contributed by atoms with Gasteiger partial charge in [-0.1, -0.05) is 25.2 Å². The van der Waals surface area contributed by atoms with Crippen LogP contribution in [0, 0.1) is 5.41 Å². The van der Waals surface area contributed by atoms with E-state index in [2.05, 4.69) is 15.2 Å². The Morgan fingerprint density at radius 1 is 1.30 bits per heavy atom. The molecule has 0 bridgehead atoms. The Morgan fingerprint density at radius 3 is 2.78 bits per heavy atom. The Kier molecular flexibility index (Phi) is 3.89. The van der Waals surface area contributed by atoms with Crippen LogP contribution in [0.4, 0.5) is 5.13 Å². The molecule has 1 aliphatic rings. The summed E-state index contributed by atoms with van der Waals surface area (Å²) in [5, 5.41) is 18.4. The van der Waals surface area contributed by atoms with Crippen LogP contribution in [0.3, 0.4) is 0 Å². The summed E-state index contributed by atoms with van der Waals surface area (Å²) in [6, 6.07) is 5.54. The molecule has 1 aliphatic carbocycles. The predicted octanol–water partition coefficient (Wildman–Crippen LogP) is 4.55. The molecule has 120 valence electrons. The maximum Gasteiger partial charge on any atom is 0.231 e. The summed E-state index contributed by atoms with van der Waals surface area (Å²) in [7, 11) is 1.61. The molecule has 0 fully saturated rings. The Hall–Kier alpha value is -2.28. The fourth-order valence-electron chi connectivity index (χ4n) is 2.55. The lowest BCUT2D eigenvalue weighted by Crippen LogP contribution is -2.25. The first-order valence-electron chi connectivity index (χ1n) is 7.20. The molecular formula is C16H17N3O3S. The maximum absolute atomic E-state index is 12.1. The summed E-state index contributed by atoms with van der Waals surface area (Å²) in [6.07, 6.45) is 0.770. The van der Waals surface area contributed by atoms with Gasteiger partial charge in [-0.05, 0) is 23.6 Å². The first-order chi connectivity index (χ1) is 10.9. The van der Waals surface area contributed by atoms with E-state index >= 15 is 0 Å². The van der Waals surface area contributed by atoms with E-state index in [1.807, 2.05) is 32.0 Å². The van der Waals surface area contributed by atoms with Gasteiger partial charge in [0, 0.05) is 12.8 Å². The van der Waals surface area contributed by atoms with E-state index in [4.69, 9.17) is 4.74 Å². The van der Waals surface area contributed by atoms with Crippen molar-refractivity contribution in [3.63, 3.8) is 0 Å². The monoisotopic (exact) mass is 331 g/mol. The fourth-order valence-corrected chi connectivity index (χ4v) is 3.36. The lowest BCUT2D eigenvalue weighted by Gasteiger charge is -2.27. The van der Waals surface area contributed by atoms with Crippen molar-refractivity contribution in [2.75, 3.05) is 7.11 Å². The van der Waals surface area contributed by atoms with Gasteiger partial charge < -0.3 is 9.84 Å². The molecule has 7 heteroatoms. The van der Waals surface area contributed by atoms with Gasteiger partial charge in [-0.2, -0.15) is 0 Å². The minimum absolute atomic E-state index is 0.00206. The molecule has 0 radical (unpaired) electrons. The van der Waals surface area contributed by atoms with Gasteiger partial charge in [-0.3, -0.25) is 4.79 Å². The van der Waals surface area contributed by atoms with Crippen molar-refractivity contribution >= 4 is 32.5 Å². The number of ketones is 1. The number of hydrogen-bond acceptors (Lipinski definition) is 7. The molecule has 0 unspecified atom stereocenters. The Balaban J connectivity index is 1.89. The molecule has 6 nitrogen and oxygen atoms in total. The van der Waals surface area contributed by atoms with Crippen molar-refractivity contribution in [3.8, 4) is 5.75 Å². The van der Waals surface area contributed by atoms with Crippen molar-refractivity contribution < 1.29 is 14.6 Å². The number of rotatable bonds is 3. The second-order valence-corrected chi connectivity index (χ2v) is 7.28. The number of Topliss-reactive ketones (excluding diaryl/α,β-unsaturated/α-hetero) is 1. The van der Waals surface area contributed by atoms with Crippen LogP contribution in [0.25, 0.3) is 10.2 Å². The number of aliphatic hydroxyl groups is 1. The van der Waals surface area contributed by atoms with Gasteiger partial charge in [-0.15, -0.1) is 10.2 Å². The van der Waals surface area contributed by atoms with Crippen molar-refractivity contribution in [2.24, 2.45) is 15.6 Å². The fraction of sp³-hybridized carbons (Fsp3) is 0.375. The van der Waals surface area contributed by atoms with Crippen LogP contribution in [0.1, 0.15) is 26.7 Å². The van der Waals surface area contributed by atoms with E-state index in [1.54, 1.807) is 7.11 Å². The van der Waals surface area contributed by atoms with E-state index in [0.29, 0.717) is 18.0 Å². The molecule has 0 atom stereocenters. The smallest absolute Gasteiger partial charge is 0.231 e. The molecule has 1 aromatic heterocycles. The zero-order valence-corrected chi connectivity index (χ0v) is 14.0. The number of aliphatic hydroxyl groups excluding tert-OH is 1. The molecule has 0 saturated carbocycles. The van der Waals surface area contributed by atoms with Crippen molar-refractivity contribution in [3.05, 3.63) is 29.7 Å². The van der Waals surface area contributed by atoms with Crippen LogP contribution in [-0.2, 0) is 4.79 Å². The molecule has 1 heterocycles. The van der Waals surface area contributed by atoms with Crippen LogP contribution in [0.5, 0.6) is 5.75 Å². The number of carbonyl (C=O) groups is 1. The number of aromatic nitrogens is 1. The highest BCUT2D eigenvalue weighted by Gasteiger charge is 2.33. The standard InChI is InChI=1S/C16H17N3O3S/c1-16(2)7-11(20)14(12(21)8-16)18-19-15-17-10-5-4-9(22-3)6-13(10)23-15/h4-6,20H,7-8H2,1-3H3. The van der Waals surface area contributed by atoms with Crippen LogP contribution in [0.15, 0.2) is 39.9 Å². The number of allylic oxidation sites excluding steroid dienone is 2. The van der Waals surface area contributed by atoms with Gasteiger partial charge in [0.05, 0.1) is 17.3 Å². The highest BCUT2D eigenvalue weighted by Crippen LogP contribution is 2.37. The topological polar surface area (TPSA) is 84.1 Å². The molecular weight excluding hydrogens is 314 g/mol. The molecule has 1 N–H and O–H groups in total. The summed E-state index contributed by atoms with van der Waals surface area (Å²) >= 11 is 1.35. The molecule has 0 aliphatic heterocycles. The van der Waals surface area contributed by atoms with Gasteiger partial charge >= 0.3 is 0 Å². The first-order valence-corrected chi connectivity index (χ1v) is 8.01. The van der Waals surface area contributed by atoms with Crippen molar-refractivity contribution in [1.29, 1.82) is 0 Å². The average molecular weight is 331 g/mol.